The average Bonchev–Trinajstić information content (AvgIpc) is 2.67. The van der Waals surface area contributed by atoms with Crippen molar-refractivity contribution in [3.8, 4) is 0 Å². The second kappa shape index (κ2) is 5.75. The lowest BCUT2D eigenvalue weighted by Gasteiger charge is -2.07. The van der Waals surface area contributed by atoms with Gasteiger partial charge < -0.3 is 4.90 Å². The number of likely N-dealkylation sites (N-methyl/N-ethyl adjacent to an activating group) is 1. The van der Waals surface area contributed by atoms with E-state index in [1.807, 2.05) is 31.1 Å². The number of aromatic nitrogens is 2. The quantitative estimate of drug-likeness (QED) is 0.616. The molecule has 108 valence electrons. The van der Waals surface area contributed by atoms with Crippen molar-refractivity contribution >= 4 is 16.8 Å². The Kier molecular flexibility index (Phi) is 4.23. The van der Waals surface area contributed by atoms with Crippen molar-refractivity contribution in [1.82, 2.24) is 9.47 Å². The Morgan fingerprint density at radius 2 is 2.00 bits per heavy atom. The molecule has 0 spiro atoms. The minimum Gasteiger partial charge on any atom is -0.302 e. The van der Waals surface area contributed by atoms with Crippen LogP contribution in [0.5, 0.6) is 0 Å². The number of ketones is 1. The first-order valence-electron chi connectivity index (χ1n) is 7.20. The second-order valence-electron chi connectivity index (χ2n) is 5.40. The molecule has 1 heterocycles. The molecule has 0 aliphatic carbocycles. The van der Waals surface area contributed by atoms with Gasteiger partial charge in [0.15, 0.2) is 16.8 Å². The molecule has 0 radical (unpaired) electrons. The zero-order valence-electron chi connectivity index (χ0n) is 13.1. The highest BCUT2D eigenvalue weighted by Crippen LogP contribution is 2.17. The molecule has 0 aliphatic rings. The average molecular weight is 274 g/mol. The first kappa shape index (κ1) is 14.7. The number of fused-ring (bicyclic) bond motifs is 1. The van der Waals surface area contributed by atoms with Gasteiger partial charge in [-0.1, -0.05) is 0 Å². The fourth-order valence-electron chi connectivity index (χ4n) is 2.81. The van der Waals surface area contributed by atoms with Crippen molar-refractivity contribution in [3.63, 3.8) is 0 Å². The maximum atomic E-state index is 12.2. The van der Waals surface area contributed by atoms with Crippen LogP contribution in [-0.2, 0) is 13.1 Å². The molecular weight excluding hydrogens is 250 g/mol. The normalized spacial score (nSPS) is 11.5. The topological polar surface area (TPSA) is 29.1 Å². The van der Waals surface area contributed by atoms with Crippen molar-refractivity contribution in [2.75, 3.05) is 20.6 Å². The fourth-order valence-corrected chi connectivity index (χ4v) is 2.81. The standard InChI is InChI=1S/C16H24N3O/c1-6-18-12(3)19(7-2)15-10-13(8-9-14(15)18)16(20)11-17(4)5/h8-10H,6-7,11H2,1-5H3/q+1. The number of aryl methyl sites for hydroxylation is 2. The van der Waals surface area contributed by atoms with Crippen LogP contribution in [0.4, 0.5) is 0 Å². The molecule has 20 heavy (non-hydrogen) atoms. The Hall–Kier alpha value is -1.68. The molecule has 0 bridgehead atoms. The van der Waals surface area contributed by atoms with Crippen molar-refractivity contribution in [3.05, 3.63) is 29.6 Å². The summed E-state index contributed by atoms with van der Waals surface area (Å²) in [6.07, 6.45) is 0. The third-order valence-corrected chi connectivity index (χ3v) is 3.75. The minimum absolute atomic E-state index is 0.168. The van der Waals surface area contributed by atoms with E-state index in [-0.39, 0.29) is 5.78 Å². The van der Waals surface area contributed by atoms with Crippen LogP contribution in [0.2, 0.25) is 0 Å². The van der Waals surface area contributed by atoms with E-state index in [2.05, 4.69) is 36.0 Å². The SMILES string of the molecule is CCn1c(C)[n+](CC)c2ccc(C(=O)CN(C)C)cc21. The lowest BCUT2D eigenvalue weighted by molar-refractivity contribution is -0.674. The third kappa shape index (κ3) is 2.48. The summed E-state index contributed by atoms with van der Waals surface area (Å²) in [5.41, 5.74) is 3.14. The van der Waals surface area contributed by atoms with E-state index in [9.17, 15) is 4.79 Å². The first-order chi connectivity index (χ1) is 9.49. The smallest absolute Gasteiger partial charge is 0.254 e. The number of carbonyl (C=O) groups is 1. The van der Waals surface area contributed by atoms with Gasteiger partial charge in [-0.3, -0.25) is 4.79 Å². The van der Waals surface area contributed by atoms with Crippen molar-refractivity contribution in [2.45, 2.75) is 33.9 Å². The Morgan fingerprint density at radius 1 is 1.30 bits per heavy atom. The van der Waals surface area contributed by atoms with Crippen LogP contribution in [0.15, 0.2) is 18.2 Å². The van der Waals surface area contributed by atoms with Crippen LogP contribution < -0.4 is 4.57 Å². The van der Waals surface area contributed by atoms with E-state index in [4.69, 9.17) is 0 Å². The fraction of sp³-hybridized carbons (Fsp3) is 0.500. The van der Waals surface area contributed by atoms with E-state index in [0.29, 0.717) is 6.54 Å². The zero-order valence-corrected chi connectivity index (χ0v) is 13.1. The monoisotopic (exact) mass is 274 g/mol. The number of carbonyl (C=O) groups excluding carboxylic acids is 1. The van der Waals surface area contributed by atoms with E-state index in [1.54, 1.807) is 0 Å². The highest BCUT2D eigenvalue weighted by atomic mass is 16.1. The Balaban J connectivity index is 2.56. The van der Waals surface area contributed by atoms with Gasteiger partial charge >= 0.3 is 0 Å². The van der Waals surface area contributed by atoms with Crippen molar-refractivity contribution in [1.29, 1.82) is 0 Å². The Bertz CT molecular complexity index is 641. The summed E-state index contributed by atoms with van der Waals surface area (Å²) in [7, 11) is 3.83. The van der Waals surface area contributed by atoms with E-state index < -0.39 is 0 Å². The van der Waals surface area contributed by atoms with Crippen molar-refractivity contribution < 1.29 is 9.36 Å². The number of hydrogen-bond donors (Lipinski definition) is 0. The molecule has 0 aliphatic heterocycles. The Morgan fingerprint density at radius 3 is 2.55 bits per heavy atom. The molecule has 4 heteroatoms. The molecule has 0 atom stereocenters. The summed E-state index contributed by atoms with van der Waals surface area (Å²) in [6, 6.07) is 6.05. The minimum atomic E-state index is 0.168. The van der Waals surface area contributed by atoms with Crippen LogP contribution in [-0.4, -0.2) is 35.9 Å². The number of nitrogens with zero attached hydrogens (tertiary/aromatic N) is 3. The number of rotatable bonds is 5. The van der Waals surface area contributed by atoms with Gasteiger partial charge in [0.2, 0.25) is 0 Å². The number of hydrogen-bond acceptors (Lipinski definition) is 2. The summed E-state index contributed by atoms with van der Waals surface area (Å²) < 4.78 is 4.56. The highest BCUT2D eigenvalue weighted by Gasteiger charge is 2.20. The molecule has 0 saturated heterocycles. The van der Waals surface area contributed by atoms with Gasteiger partial charge in [0.25, 0.3) is 5.82 Å². The van der Waals surface area contributed by atoms with Gasteiger partial charge in [-0.2, -0.15) is 0 Å². The van der Waals surface area contributed by atoms with Gasteiger partial charge in [-0.25, -0.2) is 9.13 Å². The maximum Gasteiger partial charge on any atom is 0.254 e. The van der Waals surface area contributed by atoms with Crippen LogP contribution in [0.3, 0.4) is 0 Å². The van der Waals surface area contributed by atoms with Gasteiger partial charge in [0.1, 0.15) is 0 Å². The molecule has 2 aromatic rings. The van der Waals surface area contributed by atoms with Crippen LogP contribution in [0, 0.1) is 6.92 Å². The lowest BCUT2D eigenvalue weighted by atomic mass is 10.1. The Labute approximate surface area is 120 Å². The van der Waals surface area contributed by atoms with E-state index in [0.717, 1.165) is 24.2 Å². The van der Waals surface area contributed by atoms with Gasteiger partial charge in [-0.15, -0.1) is 0 Å². The van der Waals surface area contributed by atoms with Crippen LogP contribution >= 0.6 is 0 Å². The summed E-state index contributed by atoms with van der Waals surface area (Å²) in [4.78, 5) is 14.1. The summed E-state index contributed by atoms with van der Waals surface area (Å²) >= 11 is 0. The molecule has 1 aromatic carbocycles. The molecule has 0 N–H and O–H groups in total. The number of Topliss-reactive ketones (excluding diaryl/α,β-unsaturated/α-hetero) is 1. The second-order valence-corrected chi connectivity index (χ2v) is 5.40. The van der Waals surface area contributed by atoms with Gasteiger partial charge in [-0.05, 0) is 40.1 Å². The molecule has 2 rings (SSSR count). The molecule has 0 saturated carbocycles. The molecule has 4 nitrogen and oxygen atoms in total. The first-order valence-corrected chi connectivity index (χ1v) is 7.20. The number of imidazole rings is 1. The maximum absolute atomic E-state index is 12.2. The lowest BCUT2D eigenvalue weighted by Crippen LogP contribution is -2.35. The third-order valence-electron chi connectivity index (χ3n) is 3.75. The molecule has 1 aromatic heterocycles. The van der Waals surface area contributed by atoms with E-state index >= 15 is 0 Å². The molecule has 0 amide bonds. The summed E-state index contributed by atoms with van der Waals surface area (Å²) in [6.45, 7) is 8.73. The van der Waals surface area contributed by atoms with Crippen molar-refractivity contribution in [2.24, 2.45) is 0 Å². The zero-order chi connectivity index (χ0) is 14.9. The van der Waals surface area contributed by atoms with Gasteiger partial charge in [0.05, 0.1) is 19.6 Å². The predicted octanol–water partition coefficient (Wildman–Crippen LogP) is 2.02. The number of benzene rings is 1. The summed E-state index contributed by atoms with van der Waals surface area (Å²) in [5, 5.41) is 0. The predicted molar refractivity (Wildman–Crippen MR) is 81.1 cm³/mol. The summed E-state index contributed by atoms with van der Waals surface area (Å²) in [5.74, 6) is 1.41. The largest absolute Gasteiger partial charge is 0.302 e. The van der Waals surface area contributed by atoms with E-state index in [1.165, 1.54) is 11.3 Å². The van der Waals surface area contributed by atoms with Gasteiger partial charge in [0, 0.05) is 18.6 Å². The molecule has 0 fully saturated rings. The molecule has 0 unspecified atom stereocenters. The molecular formula is C16H24N3O+. The van der Waals surface area contributed by atoms with Crippen LogP contribution in [0.25, 0.3) is 11.0 Å². The highest BCUT2D eigenvalue weighted by molar-refractivity contribution is 5.99. The van der Waals surface area contributed by atoms with Crippen LogP contribution in [0.1, 0.15) is 30.0 Å².